The van der Waals surface area contributed by atoms with Crippen LogP contribution < -0.4 is 14.9 Å². The minimum Gasteiger partial charge on any atom is -0.367 e. The third-order valence-corrected chi connectivity index (χ3v) is 7.62. The quantitative estimate of drug-likeness (QED) is 0.250. The lowest BCUT2D eigenvalue weighted by molar-refractivity contribution is 0.589. The van der Waals surface area contributed by atoms with E-state index in [4.69, 9.17) is 0 Å². The first-order chi connectivity index (χ1) is 18.9. The highest BCUT2D eigenvalue weighted by Gasteiger charge is 2.18. The van der Waals surface area contributed by atoms with Gasteiger partial charge in [0.2, 0.25) is 10.0 Å². The molecule has 5 aromatic rings. The summed E-state index contributed by atoms with van der Waals surface area (Å²) in [6, 6.07) is 18.4. The fraction of sp³-hybridized carbons (Fsp3) is 0.241. The van der Waals surface area contributed by atoms with Gasteiger partial charge in [-0.1, -0.05) is 36.4 Å². The molecule has 0 spiro atoms. The third kappa shape index (κ3) is 6.14. The molecule has 0 amide bonds. The maximum Gasteiger partial charge on any atom is 0.229 e. The highest BCUT2D eigenvalue weighted by atomic mass is 35.5. The van der Waals surface area contributed by atoms with Gasteiger partial charge in [0.05, 0.1) is 23.8 Å². The zero-order valence-corrected chi connectivity index (χ0v) is 23.8. The van der Waals surface area contributed by atoms with Crippen LogP contribution in [-0.2, 0) is 23.0 Å². The van der Waals surface area contributed by atoms with Crippen molar-refractivity contribution in [1.29, 1.82) is 0 Å². The van der Waals surface area contributed by atoms with Crippen LogP contribution in [0.4, 0.5) is 11.4 Å². The number of nitrogens with zero attached hydrogens (tertiary/aromatic N) is 4. The lowest BCUT2D eigenvalue weighted by atomic mass is 10.0. The van der Waals surface area contributed by atoms with E-state index in [1.165, 1.54) is 11.8 Å². The molecule has 1 aliphatic heterocycles. The number of aromatic nitrogens is 4. The molecule has 0 atom stereocenters. The van der Waals surface area contributed by atoms with Crippen molar-refractivity contribution in [2.75, 3.05) is 42.1 Å². The highest BCUT2D eigenvalue weighted by molar-refractivity contribution is 7.92. The number of H-pyrrole nitrogens is 1. The second-order valence-corrected chi connectivity index (χ2v) is 11.6. The van der Waals surface area contributed by atoms with E-state index in [1.807, 2.05) is 47.5 Å². The lowest BCUT2D eigenvalue weighted by Gasteiger charge is -2.31. The van der Waals surface area contributed by atoms with E-state index in [1.54, 1.807) is 0 Å². The Balaban J connectivity index is 0.00000323. The smallest absolute Gasteiger partial charge is 0.229 e. The van der Waals surface area contributed by atoms with Crippen LogP contribution in [0.5, 0.6) is 0 Å². The van der Waals surface area contributed by atoms with Gasteiger partial charge in [-0.3, -0.25) is 9.40 Å². The molecule has 0 unspecified atom stereocenters. The average molecular weight is 578 g/mol. The number of hydrogen-bond donors (Lipinski definition) is 3. The molecular formula is C29H32ClN7O2S. The summed E-state index contributed by atoms with van der Waals surface area (Å²) in [6.45, 7) is 4.15. The number of piperazine rings is 1. The van der Waals surface area contributed by atoms with Crippen LogP contribution >= 0.6 is 12.4 Å². The first kappa shape index (κ1) is 27.7. The second kappa shape index (κ2) is 11.7. The Morgan fingerprint density at radius 3 is 2.55 bits per heavy atom. The summed E-state index contributed by atoms with van der Waals surface area (Å²) < 4.78 is 29.1. The Bertz CT molecular complexity index is 1710. The minimum absolute atomic E-state index is 0. The predicted molar refractivity (Wildman–Crippen MR) is 164 cm³/mol. The SMILES string of the molecule is CS(=O)(=O)Nc1cc(-c2cnc3[nH]cc(-c4cnn(CCc5ccccc5)c4)c3c2)ccc1N1CCNCC1.Cl. The van der Waals surface area contributed by atoms with E-state index >= 15 is 0 Å². The molecule has 11 heteroatoms. The van der Waals surface area contributed by atoms with Crippen molar-refractivity contribution >= 4 is 44.8 Å². The molecule has 4 heterocycles. The van der Waals surface area contributed by atoms with Crippen molar-refractivity contribution in [3.05, 3.63) is 84.9 Å². The van der Waals surface area contributed by atoms with Crippen molar-refractivity contribution in [3.8, 4) is 22.3 Å². The monoisotopic (exact) mass is 577 g/mol. The molecule has 3 aromatic heterocycles. The van der Waals surface area contributed by atoms with Crippen LogP contribution in [0.3, 0.4) is 0 Å². The summed E-state index contributed by atoms with van der Waals surface area (Å²) in [5.74, 6) is 0. The maximum atomic E-state index is 12.2. The molecular weight excluding hydrogens is 546 g/mol. The van der Waals surface area contributed by atoms with Gasteiger partial charge in [0.25, 0.3) is 0 Å². The van der Waals surface area contributed by atoms with Crippen molar-refractivity contribution in [1.82, 2.24) is 25.1 Å². The van der Waals surface area contributed by atoms with E-state index in [0.29, 0.717) is 5.69 Å². The van der Waals surface area contributed by atoms with Crippen LogP contribution in [0.15, 0.2) is 79.4 Å². The largest absolute Gasteiger partial charge is 0.367 e. The van der Waals surface area contributed by atoms with Crippen LogP contribution in [-0.4, -0.2) is 60.6 Å². The zero-order chi connectivity index (χ0) is 26.8. The first-order valence-corrected chi connectivity index (χ1v) is 14.9. The van der Waals surface area contributed by atoms with Gasteiger partial charge in [0, 0.05) is 73.4 Å². The van der Waals surface area contributed by atoms with Crippen molar-refractivity contribution in [3.63, 3.8) is 0 Å². The molecule has 0 saturated carbocycles. The molecule has 208 valence electrons. The number of anilines is 2. The number of aromatic amines is 1. The van der Waals surface area contributed by atoms with E-state index in [0.717, 1.165) is 78.1 Å². The molecule has 1 saturated heterocycles. The van der Waals surface area contributed by atoms with Crippen LogP contribution in [0.1, 0.15) is 5.56 Å². The molecule has 40 heavy (non-hydrogen) atoms. The van der Waals surface area contributed by atoms with Crippen LogP contribution in [0, 0.1) is 0 Å². The number of nitrogens with one attached hydrogen (secondary N) is 3. The fourth-order valence-corrected chi connectivity index (χ4v) is 5.65. The highest BCUT2D eigenvalue weighted by Crippen LogP contribution is 2.35. The molecule has 0 radical (unpaired) electrons. The van der Waals surface area contributed by atoms with E-state index in [9.17, 15) is 8.42 Å². The Kier molecular flexibility index (Phi) is 8.11. The topological polar surface area (TPSA) is 108 Å². The number of aryl methyl sites for hydroxylation is 2. The molecule has 1 fully saturated rings. The third-order valence-electron chi connectivity index (χ3n) is 7.03. The van der Waals surface area contributed by atoms with Gasteiger partial charge in [-0.15, -0.1) is 12.4 Å². The van der Waals surface area contributed by atoms with Crippen LogP contribution in [0.25, 0.3) is 33.3 Å². The number of benzene rings is 2. The summed E-state index contributed by atoms with van der Waals surface area (Å²) in [4.78, 5) is 10.1. The Hall–Kier alpha value is -3.86. The Labute approximate surface area is 240 Å². The van der Waals surface area contributed by atoms with E-state index < -0.39 is 10.0 Å². The predicted octanol–water partition coefficient (Wildman–Crippen LogP) is 4.54. The molecule has 3 N–H and O–H groups in total. The number of rotatable bonds is 8. The zero-order valence-electron chi connectivity index (χ0n) is 22.2. The molecule has 1 aliphatic rings. The molecule has 9 nitrogen and oxygen atoms in total. The average Bonchev–Trinajstić information content (AvgIpc) is 3.59. The summed E-state index contributed by atoms with van der Waals surface area (Å²) in [5.41, 5.74) is 7.36. The van der Waals surface area contributed by atoms with Gasteiger partial charge in [0.1, 0.15) is 5.65 Å². The van der Waals surface area contributed by atoms with E-state index in [2.05, 4.69) is 66.5 Å². The van der Waals surface area contributed by atoms with E-state index in [-0.39, 0.29) is 12.4 Å². The standard InChI is InChI=1S/C29H31N7O2S.ClH/c1-39(37,38)34-27-16-22(7-8-28(27)35-13-10-30-11-14-35)23-15-25-26(19-32-29(25)31-17-23)24-18-33-36(20-24)12-9-21-5-3-2-4-6-21;/h2-8,15-20,30,34H,9-14H2,1H3,(H,31,32);1H. The first-order valence-electron chi connectivity index (χ1n) is 13.0. The molecule has 0 aliphatic carbocycles. The van der Waals surface area contributed by atoms with Gasteiger partial charge >= 0.3 is 0 Å². The second-order valence-electron chi connectivity index (χ2n) is 9.89. The number of halogens is 1. The number of sulfonamides is 1. The van der Waals surface area contributed by atoms with Crippen molar-refractivity contribution in [2.24, 2.45) is 0 Å². The van der Waals surface area contributed by atoms with Gasteiger partial charge in [-0.25, -0.2) is 13.4 Å². The lowest BCUT2D eigenvalue weighted by Crippen LogP contribution is -2.43. The summed E-state index contributed by atoms with van der Waals surface area (Å²) in [6.07, 6.45) is 9.82. The van der Waals surface area contributed by atoms with Gasteiger partial charge in [0.15, 0.2) is 0 Å². The Morgan fingerprint density at radius 1 is 0.975 bits per heavy atom. The van der Waals surface area contributed by atoms with Gasteiger partial charge in [-0.2, -0.15) is 5.10 Å². The summed E-state index contributed by atoms with van der Waals surface area (Å²) in [7, 11) is -3.45. The number of hydrogen-bond acceptors (Lipinski definition) is 6. The van der Waals surface area contributed by atoms with Gasteiger partial charge < -0.3 is 15.2 Å². The van der Waals surface area contributed by atoms with Crippen molar-refractivity contribution in [2.45, 2.75) is 13.0 Å². The number of fused-ring (bicyclic) bond motifs is 1. The molecule has 0 bridgehead atoms. The number of pyridine rings is 1. The van der Waals surface area contributed by atoms with Crippen LogP contribution in [0.2, 0.25) is 0 Å². The Morgan fingerprint density at radius 2 is 1.77 bits per heavy atom. The fourth-order valence-electron chi connectivity index (χ4n) is 5.09. The van der Waals surface area contributed by atoms with Gasteiger partial charge in [-0.05, 0) is 35.7 Å². The summed E-state index contributed by atoms with van der Waals surface area (Å²) >= 11 is 0. The molecule has 6 rings (SSSR count). The minimum atomic E-state index is -3.45. The maximum absolute atomic E-state index is 12.2. The summed E-state index contributed by atoms with van der Waals surface area (Å²) in [5, 5.41) is 8.91. The molecule has 2 aromatic carbocycles. The normalized spacial score (nSPS) is 13.8. The van der Waals surface area contributed by atoms with Crippen molar-refractivity contribution < 1.29 is 8.42 Å².